The summed E-state index contributed by atoms with van der Waals surface area (Å²) < 4.78 is 11.5. The van der Waals surface area contributed by atoms with Crippen LogP contribution in [0.5, 0.6) is 11.5 Å². The molecule has 0 unspecified atom stereocenters. The molecule has 0 aliphatic heterocycles. The van der Waals surface area contributed by atoms with Gasteiger partial charge in [-0.3, -0.25) is 0 Å². The van der Waals surface area contributed by atoms with Gasteiger partial charge in [-0.1, -0.05) is 109 Å². The van der Waals surface area contributed by atoms with Crippen molar-refractivity contribution in [1.29, 1.82) is 0 Å². The first-order chi connectivity index (χ1) is 18.2. The first kappa shape index (κ1) is 29.3. The van der Waals surface area contributed by atoms with Crippen LogP contribution in [0.2, 0.25) is 0 Å². The average molecular weight is 507 g/mol. The van der Waals surface area contributed by atoms with Gasteiger partial charge in [0.25, 0.3) is 0 Å². The molecule has 3 nitrogen and oxygen atoms in total. The van der Waals surface area contributed by atoms with E-state index >= 15 is 0 Å². The highest BCUT2D eigenvalue weighted by atomic mass is 16.5. The van der Waals surface area contributed by atoms with Crippen molar-refractivity contribution in [3.05, 3.63) is 59.7 Å². The molecule has 0 radical (unpaired) electrons. The van der Waals surface area contributed by atoms with Gasteiger partial charge < -0.3 is 9.47 Å². The number of carbonyl (C=O) groups excluding carboxylic acids is 1. The normalized spacial score (nSPS) is 17.5. The van der Waals surface area contributed by atoms with Crippen molar-refractivity contribution >= 4 is 5.97 Å². The van der Waals surface area contributed by atoms with Crippen LogP contribution >= 0.6 is 0 Å². The minimum absolute atomic E-state index is 0.328. The summed E-state index contributed by atoms with van der Waals surface area (Å²) in [6.45, 7) is 5.29. The van der Waals surface area contributed by atoms with Crippen LogP contribution in [0.25, 0.3) is 0 Å². The fraction of sp³-hybridized carbons (Fsp3) is 0.618. The van der Waals surface area contributed by atoms with E-state index in [2.05, 4.69) is 26.0 Å². The van der Waals surface area contributed by atoms with E-state index in [4.69, 9.17) is 9.47 Å². The third-order valence-electron chi connectivity index (χ3n) is 8.00. The van der Waals surface area contributed by atoms with Gasteiger partial charge in [-0.15, -0.1) is 0 Å². The Morgan fingerprint density at radius 1 is 0.676 bits per heavy atom. The van der Waals surface area contributed by atoms with Crippen molar-refractivity contribution in [3.8, 4) is 11.5 Å². The first-order valence-corrected chi connectivity index (χ1v) is 15.2. The molecule has 1 saturated carbocycles. The van der Waals surface area contributed by atoms with Crippen LogP contribution in [0.4, 0.5) is 0 Å². The van der Waals surface area contributed by atoms with Crippen molar-refractivity contribution < 1.29 is 14.3 Å². The Kier molecular flexibility index (Phi) is 13.7. The molecule has 2 aromatic rings. The lowest BCUT2D eigenvalue weighted by Crippen LogP contribution is -2.15. The van der Waals surface area contributed by atoms with Crippen molar-refractivity contribution in [2.45, 2.75) is 117 Å². The van der Waals surface area contributed by atoms with E-state index in [1.54, 1.807) is 12.1 Å². The minimum Gasteiger partial charge on any atom is -0.494 e. The van der Waals surface area contributed by atoms with E-state index in [-0.39, 0.29) is 5.97 Å². The molecule has 0 aromatic heterocycles. The summed E-state index contributed by atoms with van der Waals surface area (Å²) >= 11 is 0. The SMILES string of the molecule is CCCCCCCCCCOc1ccc(C(=O)Oc2ccc(CCC3CCC(CCC)CC3)cc2)cc1. The topological polar surface area (TPSA) is 35.5 Å². The molecule has 0 amide bonds. The lowest BCUT2D eigenvalue weighted by Gasteiger charge is -2.28. The smallest absolute Gasteiger partial charge is 0.343 e. The highest BCUT2D eigenvalue weighted by Gasteiger charge is 2.20. The Labute approximate surface area is 226 Å². The van der Waals surface area contributed by atoms with Gasteiger partial charge in [0.05, 0.1) is 12.2 Å². The number of hydrogen-bond acceptors (Lipinski definition) is 3. The fourth-order valence-electron chi connectivity index (χ4n) is 5.59. The second kappa shape index (κ2) is 17.3. The predicted octanol–water partition coefficient (Wildman–Crippen LogP) is 9.96. The standard InChI is InChI=1S/C34H50O3/c1-3-5-6-7-8-9-10-11-27-36-32-25-21-31(22-26-32)34(35)37-33-23-19-30(20-24-33)18-17-29-15-13-28(12-4-2)14-16-29/h19-26,28-29H,3-18,27H2,1-2H3. The Hall–Kier alpha value is -2.29. The first-order valence-electron chi connectivity index (χ1n) is 15.2. The quantitative estimate of drug-likeness (QED) is 0.122. The highest BCUT2D eigenvalue weighted by molar-refractivity contribution is 5.91. The van der Waals surface area contributed by atoms with Crippen molar-refractivity contribution in [2.24, 2.45) is 11.8 Å². The highest BCUT2D eigenvalue weighted by Crippen LogP contribution is 2.34. The maximum atomic E-state index is 12.6. The number of benzene rings is 2. The second-order valence-corrected chi connectivity index (χ2v) is 11.1. The van der Waals surface area contributed by atoms with E-state index in [0.717, 1.165) is 37.0 Å². The van der Waals surface area contributed by atoms with E-state index in [1.807, 2.05) is 24.3 Å². The molecule has 2 aromatic carbocycles. The molecule has 0 bridgehead atoms. The minimum atomic E-state index is -0.328. The Morgan fingerprint density at radius 3 is 1.86 bits per heavy atom. The van der Waals surface area contributed by atoms with Gasteiger partial charge in [0.2, 0.25) is 0 Å². The number of hydrogen-bond donors (Lipinski definition) is 0. The average Bonchev–Trinajstić information content (AvgIpc) is 2.93. The number of aryl methyl sites for hydroxylation is 1. The van der Waals surface area contributed by atoms with E-state index < -0.39 is 0 Å². The summed E-state index contributed by atoms with van der Waals surface area (Å²) in [6.07, 6.45) is 21.0. The molecule has 204 valence electrons. The second-order valence-electron chi connectivity index (χ2n) is 11.1. The molecule has 3 rings (SSSR count). The van der Waals surface area contributed by atoms with Crippen LogP contribution in [0.1, 0.15) is 126 Å². The third-order valence-corrected chi connectivity index (χ3v) is 8.00. The van der Waals surface area contributed by atoms with Gasteiger partial charge in [-0.2, -0.15) is 0 Å². The van der Waals surface area contributed by atoms with Crippen LogP contribution in [-0.2, 0) is 6.42 Å². The maximum absolute atomic E-state index is 12.6. The van der Waals surface area contributed by atoms with Crippen LogP contribution in [0.15, 0.2) is 48.5 Å². The molecular weight excluding hydrogens is 456 g/mol. The van der Waals surface area contributed by atoms with Gasteiger partial charge in [-0.05, 0) is 73.1 Å². The van der Waals surface area contributed by atoms with Crippen LogP contribution in [0.3, 0.4) is 0 Å². The number of carbonyl (C=O) groups is 1. The lowest BCUT2D eigenvalue weighted by atomic mass is 9.78. The molecule has 0 atom stereocenters. The van der Waals surface area contributed by atoms with Gasteiger partial charge in [0.15, 0.2) is 0 Å². The summed E-state index contributed by atoms with van der Waals surface area (Å²) in [5.74, 6) is 2.93. The molecule has 1 aliphatic rings. The molecule has 1 aliphatic carbocycles. The van der Waals surface area contributed by atoms with Crippen LogP contribution < -0.4 is 9.47 Å². The Morgan fingerprint density at radius 2 is 1.24 bits per heavy atom. The molecule has 0 spiro atoms. The molecule has 37 heavy (non-hydrogen) atoms. The molecular formula is C34H50O3. The van der Waals surface area contributed by atoms with Crippen LogP contribution in [0, 0.1) is 11.8 Å². The molecule has 1 fully saturated rings. The van der Waals surface area contributed by atoms with Crippen molar-refractivity contribution in [3.63, 3.8) is 0 Å². The zero-order valence-electron chi connectivity index (χ0n) is 23.5. The zero-order chi connectivity index (χ0) is 26.1. The number of unbranched alkanes of at least 4 members (excludes halogenated alkanes) is 7. The van der Waals surface area contributed by atoms with Crippen LogP contribution in [-0.4, -0.2) is 12.6 Å². The van der Waals surface area contributed by atoms with E-state index in [1.165, 1.54) is 95.5 Å². The summed E-state index contributed by atoms with van der Waals surface area (Å²) in [5, 5.41) is 0. The lowest BCUT2D eigenvalue weighted by molar-refractivity contribution is 0.0734. The monoisotopic (exact) mass is 506 g/mol. The van der Waals surface area contributed by atoms with Gasteiger partial charge in [0, 0.05) is 0 Å². The number of ether oxygens (including phenoxy) is 2. The Bertz CT molecular complexity index is 863. The third kappa shape index (κ3) is 11.3. The fourth-order valence-corrected chi connectivity index (χ4v) is 5.59. The largest absolute Gasteiger partial charge is 0.494 e. The van der Waals surface area contributed by atoms with Gasteiger partial charge >= 0.3 is 5.97 Å². The predicted molar refractivity (Wildman–Crippen MR) is 155 cm³/mol. The molecule has 0 saturated heterocycles. The van der Waals surface area contributed by atoms with Crippen molar-refractivity contribution in [1.82, 2.24) is 0 Å². The number of esters is 1. The number of rotatable bonds is 17. The van der Waals surface area contributed by atoms with Gasteiger partial charge in [-0.25, -0.2) is 4.79 Å². The molecule has 0 heterocycles. The van der Waals surface area contributed by atoms with E-state index in [0.29, 0.717) is 11.3 Å². The molecule has 3 heteroatoms. The summed E-state index contributed by atoms with van der Waals surface area (Å²) in [7, 11) is 0. The zero-order valence-corrected chi connectivity index (χ0v) is 23.5. The summed E-state index contributed by atoms with van der Waals surface area (Å²) in [6, 6.07) is 15.4. The summed E-state index contributed by atoms with van der Waals surface area (Å²) in [4.78, 5) is 12.6. The summed E-state index contributed by atoms with van der Waals surface area (Å²) in [5.41, 5.74) is 1.87. The van der Waals surface area contributed by atoms with Crippen molar-refractivity contribution in [2.75, 3.05) is 6.61 Å². The Balaban J connectivity index is 1.31. The maximum Gasteiger partial charge on any atom is 0.343 e. The van der Waals surface area contributed by atoms with E-state index in [9.17, 15) is 4.79 Å². The van der Waals surface area contributed by atoms with Gasteiger partial charge in [0.1, 0.15) is 11.5 Å². The molecule has 0 N–H and O–H groups in total.